The number of carboxylic acids is 1. The van der Waals surface area contributed by atoms with Crippen molar-refractivity contribution >= 4 is 11.9 Å². The van der Waals surface area contributed by atoms with Crippen molar-refractivity contribution in [3.8, 4) is 17.0 Å². The fourth-order valence-corrected chi connectivity index (χ4v) is 3.83. The van der Waals surface area contributed by atoms with Gasteiger partial charge in [0.15, 0.2) is 0 Å². The first-order valence-corrected chi connectivity index (χ1v) is 12.6. The average Bonchev–Trinajstić information content (AvgIpc) is 2.90. The van der Waals surface area contributed by atoms with E-state index in [1.165, 1.54) is 12.1 Å². The monoisotopic (exact) mass is 528 g/mol. The minimum absolute atomic E-state index is 0.102. The molecule has 1 amide bonds. The number of aromatic nitrogens is 1. The highest BCUT2D eigenvalue weighted by atomic mass is 19.4. The lowest BCUT2D eigenvalue weighted by atomic mass is 10.0. The van der Waals surface area contributed by atoms with E-state index in [0.717, 1.165) is 56.2 Å². The molecule has 9 heteroatoms. The standard InChI is InChI=1S/C29H31F3N2O4/c30-29(31,32)24-13-11-22(12-14-24)26-16-15-25(20-34-26)38-19-5-3-1-2-4-6-21-7-9-23(10-8-21)28(37)33-18-17-27(35)36/h7-16,20H,1-6,17-19H2,(H,33,37)(H,35,36). The summed E-state index contributed by atoms with van der Waals surface area (Å²) in [7, 11) is 0. The number of halogens is 3. The zero-order valence-electron chi connectivity index (χ0n) is 21.0. The number of alkyl halides is 3. The molecule has 0 atom stereocenters. The lowest BCUT2D eigenvalue weighted by molar-refractivity contribution is -0.138. The van der Waals surface area contributed by atoms with E-state index in [1.54, 1.807) is 30.5 Å². The van der Waals surface area contributed by atoms with Gasteiger partial charge in [0.05, 0.1) is 30.5 Å². The number of ether oxygens (including phenoxy) is 1. The third-order valence-electron chi connectivity index (χ3n) is 5.96. The predicted molar refractivity (Wildman–Crippen MR) is 138 cm³/mol. The molecule has 0 bridgehead atoms. The fraction of sp³-hybridized carbons (Fsp3) is 0.345. The molecule has 0 aliphatic carbocycles. The highest BCUT2D eigenvalue weighted by Crippen LogP contribution is 2.30. The Morgan fingerprint density at radius 3 is 2.18 bits per heavy atom. The lowest BCUT2D eigenvalue weighted by Crippen LogP contribution is -2.25. The van der Waals surface area contributed by atoms with Gasteiger partial charge in [0.25, 0.3) is 5.91 Å². The van der Waals surface area contributed by atoms with Gasteiger partial charge in [-0.3, -0.25) is 14.6 Å². The zero-order valence-corrected chi connectivity index (χ0v) is 21.0. The zero-order chi connectivity index (χ0) is 27.4. The molecule has 202 valence electrons. The SMILES string of the molecule is O=C(O)CCNC(=O)c1ccc(CCCCCCCOc2ccc(-c3ccc(C(F)(F)F)cc3)nc2)cc1. The van der Waals surface area contributed by atoms with Gasteiger partial charge in [-0.1, -0.05) is 43.5 Å². The first kappa shape index (κ1) is 28.7. The number of rotatable bonds is 14. The van der Waals surface area contributed by atoms with Crippen molar-refractivity contribution in [1.82, 2.24) is 10.3 Å². The molecular weight excluding hydrogens is 497 g/mol. The number of aryl methyl sites for hydroxylation is 1. The Kier molecular flexibility index (Phi) is 10.7. The van der Waals surface area contributed by atoms with Crippen molar-refractivity contribution in [2.75, 3.05) is 13.2 Å². The highest BCUT2D eigenvalue weighted by Gasteiger charge is 2.30. The van der Waals surface area contributed by atoms with Crippen LogP contribution in [0.25, 0.3) is 11.3 Å². The van der Waals surface area contributed by atoms with Crippen LogP contribution in [-0.4, -0.2) is 35.1 Å². The molecule has 3 aromatic rings. The molecule has 2 N–H and O–H groups in total. The second kappa shape index (κ2) is 14.2. The number of benzene rings is 2. The van der Waals surface area contributed by atoms with Crippen molar-refractivity contribution in [2.24, 2.45) is 0 Å². The smallest absolute Gasteiger partial charge is 0.416 e. The Morgan fingerprint density at radius 2 is 1.55 bits per heavy atom. The molecule has 0 saturated heterocycles. The van der Waals surface area contributed by atoms with Gasteiger partial charge in [0.2, 0.25) is 0 Å². The van der Waals surface area contributed by atoms with E-state index in [-0.39, 0.29) is 18.9 Å². The predicted octanol–water partition coefficient (Wildman–Crippen LogP) is 6.54. The van der Waals surface area contributed by atoms with Gasteiger partial charge in [-0.15, -0.1) is 0 Å². The molecule has 2 aromatic carbocycles. The van der Waals surface area contributed by atoms with Crippen LogP contribution >= 0.6 is 0 Å². The van der Waals surface area contributed by atoms with E-state index in [4.69, 9.17) is 9.84 Å². The van der Waals surface area contributed by atoms with Crippen LogP contribution in [0.2, 0.25) is 0 Å². The summed E-state index contributed by atoms with van der Waals surface area (Å²) in [6.07, 6.45) is 3.20. The van der Waals surface area contributed by atoms with Gasteiger partial charge in [0, 0.05) is 17.7 Å². The number of aliphatic carboxylic acids is 1. The Morgan fingerprint density at radius 1 is 0.868 bits per heavy atom. The third kappa shape index (κ3) is 9.53. The molecule has 0 spiro atoms. The summed E-state index contributed by atoms with van der Waals surface area (Å²) in [4.78, 5) is 26.8. The summed E-state index contributed by atoms with van der Waals surface area (Å²) in [5.41, 5.74) is 2.18. The van der Waals surface area contributed by atoms with Crippen molar-refractivity contribution in [3.05, 3.63) is 83.6 Å². The number of unbranched alkanes of at least 4 members (excludes halogenated alkanes) is 4. The normalized spacial score (nSPS) is 11.2. The number of carbonyl (C=O) groups excluding carboxylic acids is 1. The maximum absolute atomic E-state index is 12.7. The first-order valence-electron chi connectivity index (χ1n) is 12.6. The van der Waals surface area contributed by atoms with E-state index >= 15 is 0 Å². The van der Waals surface area contributed by atoms with Crippen LogP contribution in [0.3, 0.4) is 0 Å². The van der Waals surface area contributed by atoms with Crippen LogP contribution in [0.4, 0.5) is 13.2 Å². The van der Waals surface area contributed by atoms with Gasteiger partial charge in [-0.05, 0) is 61.2 Å². The van der Waals surface area contributed by atoms with Crippen LogP contribution in [0.1, 0.15) is 60.0 Å². The van der Waals surface area contributed by atoms with Gasteiger partial charge in [-0.25, -0.2) is 0 Å². The van der Waals surface area contributed by atoms with Crippen LogP contribution < -0.4 is 10.1 Å². The first-order chi connectivity index (χ1) is 18.2. The molecule has 0 saturated carbocycles. The number of nitrogens with zero attached hydrogens (tertiary/aromatic N) is 1. The third-order valence-corrected chi connectivity index (χ3v) is 5.96. The molecule has 0 unspecified atom stereocenters. The van der Waals surface area contributed by atoms with E-state index in [9.17, 15) is 22.8 Å². The molecule has 38 heavy (non-hydrogen) atoms. The van der Waals surface area contributed by atoms with Crippen molar-refractivity contribution in [2.45, 2.75) is 51.1 Å². The largest absolute Gasteiger partial charge is 0.492 e. The second-order valence-electron chi connectivity index (χ2n) is 8.92. The van der Waals surface area contributed by atoms with Crippen molar-refractivity contribution in [1.29, 1.82) is 0 Å². The molecule has 0 aliphatic heterocycles. The number of carbonyl (C=O) groups is 2. The Balaban J connectivity index is 1.27. The molecule has 1 heterocycles. The van der Waals surface area contributed by atoms with Crippen LogP contribution in [0.15, 0.2) is 66.9 Å². The number of amides is 1. The van der Waals surface area contributed by atoms with Crippen LogP contribution in [0, 0.1) is 0 Å². The van der Waals surface area contributed by atoms with Crippen LogP contribution in [0.5, 0.6) is 5.75 Å². The van der Waals surface area contributed by atoms with E-state index < -0.39 is 17.7 Å². The van der Waals surface area contributed by atoms with Crippen LogP contribution in [-0.2, 0) is 17.4 Å². The Hall–Kier alpha value is -3.88. The minimum atomic E-state index is -4.36. The molecule has 0 fully saturated rings. The van der Waals surface area contributed by atoms with E-state index in [0.29, 0.717) is 29.2 Å². The van der Waals surface area contributed by atoms with Gasteiger partial charge in [0.1, 0.15) is 5.75 Å². The van der Waals surface area contributed by atoms with Crippen molar-refractivity contribution in [3.63, 3.8) is 0 Å². The Bertz CT molecular complexity index is 1160. The summed E-state index contributed by atoms with van der Waals surface area (Å²) in [6, 6.07) is 15.8. The number of nitrogens with one attached hydrogen (secondary N) is 1. The van der Waals surface area contributed by atoms with Gasteiger partial charge >= 0.3 is 12.1 Å². The Labute approximate surface area is 219 Å². The van der Waals surface area contributed by atoms with Crippen molar-refractivity contribution < 1.29 is 32.6 Å². The lowest BCUT2D eigenvalue weighted by Gasteiger charge is -2.09. The van der Waals surface area contributed by atoms with E-state index in [2.05, 4.69) is 10.3 Å². The summed E-state index contributed by atoms with van der Waals surface area (Å²) in [5.74, 6) is -0.594. The average molecular weight is 529 g/mol. The molecule has 0 aliphatic rings. The molecule has 3 rings (SSSR count). The van der Waals surface area contributed by atoms with Gasteiger partial charge < -0.3 is 15.2 Å². The topological polar surface area (TPSA) is 88.5 Å². The summed E-state index contributed by atoms with van der Waals surface area (Å²) in [5, 5.41) is 11.2. The van der Waals surface area contributed by atoms with Gasteiger partial charge in [-0.2, -0.15) is 13.2 Å². The highest BCUT2D eigenvalue weighted by molar-refractivity contribution is 5.94. The molecular formula is C29H31F3N2O4. The quantitative estimate of drug-likeness (QED) is 0.232. The summed E-state index contributed by atoms with van der Waals surface area (Å²) >= 11 is 0. The number of pyridine rings is 1. The number of hydrogen-bond donors (Lipinski definition) is 2. The molecule has 1 aromatic heterocycles. The fourth-order valence-electron chi connectivity index (χ4n) is 3.83. The number of hydrogen-bond acceptors (Lipinski definition) is 4. The number of carboxylic acid groups (broad SMARTS) is 1. The van der Waals surface area contributed by atoms with E-state index in [1.807, 2.05) is 12.1 Å². The maximum atomic E-state index is 12.7. The maximum Gasteiger partial charge on any atom is 0.416 e. The summed E-state index contributed by atoms with van der Waals surface area (Å²) in [6.45, 7) is 0.674. The minimum Gasteiger partial charge on any atom is -0.492 e. The summed E-state index contributed by atoms with van der Waals surface area (Å²) < 4.78 is 43.8. The second-order valence-corrected chi connectivity index (χ2v) is 8.92. The molecule has 6 nitrogen and oxygen atoms in total. The molecule has 0 radical (unpaired) electrons.